The second kappa shape index (κ2) is 5.78. The molecule has 5 nitrogen and oxygen atoms in total. The van der Waals surface area contributed by atoms with E-state index in [-0.39, 0.29) is 20.7 Å². The van der Waals surface area contributed by atoms with Gasteiger partial charge in [-0.15, -0.1) is 11.3 Å². The maximum atomic E-state index is 13.2. The van der Waals surface area contributed by atoms with Crippen LogP contribution in [0, 0.1) is 12.7 Å². The van der Waals surface area contributed by atoms with Gasteiger partial charge in [0.05, 0.1) is 16.4 Å². The number of nitrogen functional groups attached to an aromatic ring is 1. The fourth-order valence-corrected chi connectivity index (χ4v) is 4.41. The summed E-state index contributed by atoms with van der Waals surface area (Å²) in [6.45, 7) is 3.79. The lowest BCUT2D eigenvalue weighted by Crippen LogP contribution is -2.14. The highest BCUT2D eigenvalue weighted by Gasteiger charge is 2.22. The van der Waals surface area contributed by atoms with Crippen molar-refractivity contribution in [2.75, 3.05) is 10.5 Å². The molecular weight excluding hydrogens is 337 g/mol. The lowest BCUT2D eigenvalue weighted by Gasteiger charge is -2.08. The average molecular weight is 350 g/mol. The predicted octanol–water partition coefficient (Wildman–Crippen LogP) is 3.19. The molecule has 21 heavy (non-hydrogen) atoms. The number of nitrogens with one attached hydrogen (secondary N) is 1. The van der Waals surface area contributed by atoms with Crippen LogP contribution < -0.4 is 10.5 Å². The van der Waals surface area contributed by atoms with Crippen LogP contribution in [-0.4, -0.2) is 13.4 Å². The number of aromatic nitrogens is 1. The van der Waals surface area contributed by atoms with Crippen LogP contribution in [0.3, 0.4) is 0 Å². The van der Waals surface area contributed by atoms with E-state index in [1.807, 2.05) is 13.8 Å². The summed E-state index contributed by atoms with van der Waals surface area (Å²) in [5.74, 6) is -0.766. The Morgan fingerprint density at radius 2 is 2.14 bits per heavy atom. The molecule has 0 unspecified atom stereocenters. The summed E-state index contributed by atoms with van der Waals surface area (Å²) in [5.41, 5.74) is 5.92. The number of sulfonamides is 1. The molecule has 2 rings (SSSR count). The summed E-state index contributed by atoms with van der Waals surface area (Å²) >= 11 is 7.01. The third-order valence-corrected chi connectivity index (χ3v) is 5.65. The predicted molar refractivity (Wildman–Crippen MR) is 82.9 cm³/mol. The van der Waals surface area contributed by atoms with Crippen LogP contribution in [0.25, 0.3) is 0 Å². The third kappa shape index (κ3) is 3.28. The molecule has 0 amide bonds. The molecule has 2 aromatic rings. The van der Waals surface area contributed by atoms with E-state index in [0.29, 0.717) is 6.42 Å². The summed E-state index contributed by atoms with van der Waals surface area (Å²) < 4.78 is 40.2. The van der Waals surface area contributed by atoms with Crippen LogP contribution in [0.5, 0.6) is 0 Å². The second-order valence-corrected chi connectivity index (χ2v) is 7.55. The van der Waals surface area contributed by atoms with Crippen molar-refractivity contribution in [1.29, 1.82) is 0 Å². The summed E-state index contributed by atoms with van der Waals surface area (Å²) in [5, 5.41) is 0.00139. The summed E-state index contributed by atoms with van der Waals surface area (Å²) in [6.07, 6.45) is 0.703. The van der Waals surface area contributed by atoms with Crippen LogP contribution in [0.2, 0.25) is 5.02 Å². The van der Waals surface area contributed by atoms with Gasteiger partial charge in [0.1, 0.15) is 10.7 Å². The number of halogens is 2. The molecule has 1 aromatic heterocycles. The fourth-order valence-electron chi connectivity index (χ4n) is 1.72. The van der Waals surface area contributed by atoms with Crippen molar-refractivity contribution in [1.82, 2.24) is 4.98 Å². The molecule has 0 aliphatic carbocycles. The smallest absolute Gasteiger partial charge is 0.265 e. The number of hydrogen-bond donors (Lipinski definition) is 2. The maximum absolute atomic E-state index is 13.2. The SMILES string of the molecule is CCc1nc(NS(=O)(=O)c2cc(N)c(F)cc2Cl)sc1C. The van der Waals surface area contributed by atoms with E-state index in [1.54, 1.807) is 0 Å². The third-order valence-electron chi connectivity index (χ3n) is 2.79. The number of thiazole rings is 1. The van der Waals surface area contributed by atoms with Crippen molar-refractivity contribution < 1.29 is 12.8 Å². The lowest BCUT2D eigenvalue weighted by molar-refractivity contribution is 0.600. The Balaban J connectivity index is 2.40. The zero-order chi connectivity index (χ0) is 15.8. The van der Waals surface area contributed by atoms with Crippen molar-refractivity contribution in [2.24, 2.45) is 0 Å². The van der Waals surface area contributed by atoms with E-state index in [4.69, 9.17) is 17.3 Å². The van der Waals surface area contributed by atoms with Crippen molar-refractivity contribution in [3.63, 3.8) is 0 Å². The number of nitrogens with zero attached hydrogens (tertiary/aromatic N) is 1. The van der Waals surface area contributed by atoms with Gasteiger partial charge in [-0.25, -0.2) is 17.8 Å². The van der Waals surface area contributed by atoms with Crippen LogP contribution in [-0.2, 0) is 16.4 Å². The van der Waals surface area contributed by atoms with Crippen LogP contribution in [0.1, 0.15) is 17.5 Å². The van der Waals surface area contributed by atoms with Gasteiger partial charge in [-0.05, 0) is 25.5 Å². The number of aryl methyl sites for hydroxylation is 2. The number of anilines is 2. The van der Waals surface area contributed by atoms with Gasteiger partial charge in [0, 0.05) is 4.88 Å². The molecule has 3 N–H and O–H groups in total. The first-order valence-corrected chi connectivity index (χ1v) is 8.66. The normalized spacial score (nSPS) is 11.6. The Labute approximate surface area is 131 Å². The van der Waals surface area contributed by atoms with E-state index < -0.39 is 15.8 Å². The first-order valence-electron chi connectivity index (χ1n) is 5.98. The topological polar surface area (TPSA) is 85.1 Å². The lowest BCUT2D eigenvalue weighted by atomic mass is 10.3. The minimum Gasteiger partial charge on any atom is -0.396 e. The number of benzene rings is 1. The van der Waals surface area contributed by atoms with Gasteiger partial charge >= 0.3 is 0 Å². The molecule has 0 saturated heterocycles. The first kappa shape index (κ1) is 16.0. The molecule has 0 aliphatic rings. The Bertz CT molecular complexity index is 790. The molecule has 0 spiro atoms. The van der Waals surface area contributed by atoms with Crippen LogP contribution in [0.15, 0.2) is 17.0 Å². The molecular formula is C12H13ClFN3O2S2. The number of hydrogen-bond acceptors (Lipinski definition) is 5. The quantitative estimate of drug-likeness (QED) is 0.830. The van der Waals surface area contributed by atoms with Crippen LogP contribution >= 0.6 is 22.9 Å². The van der Waals surface area contributed by atoms with E-state index in [1.165, 1.54) is 11.3 Å². The maximum Gasteiger partial charge on any atom is 0.265 e. The van der Waals surface area contributed by atoms with Gasteiger partial charge in [0.25, 0.3) is 10.0 Å². The Hall–Kier alpha value is -1.38. The van der Waals surface area contributed by atoms with E-state index in [9.17, 15) is 12.8 Å². The zero-order valence-electron chi connectivity index (χ0n) is 11.3. The van der Waals surface area contributed by atoms with Crippen molar-refractivity contribution in [3.05, 3.63) is 33.5 Å². The molecule has 0 saturated carbocycles. The molecule has 114 valence electrons. The average Bonchev–Trinajstić information content (AvgIpc) is 2.72. The van der Waals surface area contributed by atoms with Gasteiger partial charge in [-0.2, -0.15) is 0 Å². The number of rotatable bonds is 4. The molecule has 0 bridgehead atoms. The number of nitrogens with two attached hydrogens (primary N) is 1. The molecule has 0 aliphatic heterocycles. The highest BCUT2D eigenvalue weighted by atomic mass is 35.5. The van der Waals surface area contributed by atoms with Crippen molar-refractivity contribution >= 4 is 43.8 Å². The summed E-state index contributed by atoms with van der Waals surface area (Å²) in [4.78, 5) is 4.84. The van der Waals surface area contributed by atoms with Crippen molar-refractivity contribution in [2.45, 2.75) is 25.2 Å². The standard InChI is InChI=1S/C12H13ClFN3O2S2/c1-3-10-6(2)20-12(16-10)17-21(18,19)11-5-9(15)8(14)4-7(11)13/h4-5H,3,15H2,1-2H3,(H,16,17). The highest BCUT2D eigenvalue weighted by Crippen LogP contribution is 2.30. The molecule has 1 heterocycles. The molecule has 0 radical (unpaired) electrons. The van der Waals surface area contributed by atoms with Crippen LogP contribution in [0.4, 0.5) is 15.2 Å². The highest BCUT2D eigenvalue weighted by molar-refractivity contribution is 7.93. The van der Waals surface area contributed by atoms with Gasteiger partial charge in [-0.3, -0.25) is 4.72 Å². The fraction of sp³-hybridized carbons (Fsp3) is 0.250. The van der Waals surface area contributed by atoms with E-state index >= 15 is 0 Å². The molecule has 1 aromatic carbocycles. The molecule has 0 atom stereocenters. The minimum absolute atomic E-state index is 0.238. The molecule has 9 heteroatoms. The van der Waals surface area contributed by atoms with Gasteiger partial charge in [-0.1, -0.05) is 18.5 Å². The van der Waals surface area contributed by atoms with Gasteiger partial charge in [0.2, 0.25) is 0 Å². The van der Waals surface area contributed by atoms with E-state index in [2.05, 4.69) is 9.71 Å². The zero-order valence-corrected chi connectivity index (χ0v) is 13.7. The largest absolute Gasteiger partial charge is 0.396 e. The summed E-state index contributed by atoms with van der Waals surface area (Å²) in [7, 11) is -3.98. The minimum atomic E-state index is -3.98. The van der Waals surface area contributed by atoms with E-state index in [0.717, 1.165) is 22.7 Å². The Morgan fingerprint density at radius 1 is 1.48 bits per heavy atom. The van der Waals surface area contributed by atoms with Crippen molar-refractivity contribution in [3.8, 4) is 0 Å². The van der Waals surface area contributed by atoms with Gasteiger partial charge < -0.3 is 5.73 Å². The Kier molecular flexibility index (Phi) is 4.40. The van der Waals surface area contributed by atoms with Gasteiger partial charge in [0.15, 0.2) is 5.13 Å². The monoisotopic (exact) mass is 349 g/mol. The summed E-state index contributed by atoms with van der Waals surface area (Å²) in [6, 6.07) is 1.86. The molecule has 0 fully saturated rings. The second-order valence-electron chi connectivity index (χ2n) is 4.29. The Morgan fingerprint density at radius 3 is 2.71 bits per heavy atom. The first-order chi connectivity index (χ1) is 9.74.